The summed E-state index contributed by atoms with van der Waals surface area (Å²) in [6.45, 7) is 10.0. The Morgan fingerprint density at radius 3 is 2.44 bits per heavy atom. The van der Waals surface area contributed by atoms with E-state index in [4.69, 9.17) is 0 Å². The van der Waals surface area contributed by atoms with Gasteiger partial charge in [0.25, 0.3) is 0 Å². The number of piperazine rings is 1. The van der Waals surface area contributed by atoms with Crippen LogP contribution in [0.1, 0.15) is 37.6 Å². The predicted octanol–water partition coefficient (Wildman–Crippen LogP) is 2.10. The Balaban J connectivity index is 1.24. The van der Waals surface area contributed by atoms with Crippen molar-refractivity contribution in [1.82, 2.24) is 24.9 Å². The first-order chi connectivity index (χ1) is 15.4. The highest BCUT2D eigenvalue weighted by atomic mass is 16.2. The summed E-state index contributed by atoms with van der Waals surface area (Å²) in [6.07, 6.45) is 2.66. The maximum atomic E-state index is 12.6. The molecule has 1 aromatic heterocycles. The molecule has 32 heavy (non-hydrogen) atoms. The third kappa shape index (κ3) is 5.37. The number of para-hydroxylation sites is 1. The fourth-order valence-electron chi connectivity index (χ4n) is 4.20. The first-order valence-electron chi connectivity index (χ1n) is 11.6. The van der Waals surface area contributed by atoms with Gasteiger partial charge >= 0.3 is 0 Å². The van der Waals surface area contributed by atoms with Crippen LogP contribution < -0.4 is 10.6 Å². The van der Waals surface area contributed by atoms with Gasteiger partial charge in [0, 0.05) is 45.2 Å². The molecule has 2 N–H and O–H groups in total. The lowest BCUT2D eigenvalue weighted by Gasteiger charge is -2.37. The van der Waals surface area contributed by atoms with Gasteiger partial charge in [0.05, 0.1) is 28.8 Å². The second-order valence-corrected chi connectivity index (χ2v) is 8.93. The number of carbonyl (C=O) groups is 2. The summed E-state index contributed by atoms with van der Waals surface area (Å²) in [7, 11) is 0. The van der Waals surface area contributed by atoms with Crippen molar-refractivity contribution in [3.63, 3.8) is 0 Å². The Kier molecular flexibility index (Phi) is 6.91. The van der Waals surface area contributed by atoms with Crippen molar-refractivity contribution in [3.8, 4) is 5.69 Å². The van der Waals surface area contributed by atoms with Crippen LogP contribution in [0.25, 0.3) is 5.69 Å². The normalized spacial score (nSPS) is 18.3. The van der Waals surface area contributed by atoms with Crippen molar-refractivity contribution in [3.05, 3.63) is 41.7 Å². The van der Waals surface area contributed by atoms with Crippen molar-refractivity contribution in [2.24, 2.45) is 0 Å². The zero-order chi connectivity index (χ0) is 22.7. The van der Waals surface area contributed by atoms with Crippen LogP contribution in [-0.2, 0) is 9.59 Å². The molecule has 2 fully saturated rings. The third-order valence-corrected chi connectivity index (χ3v) is 6.47. The molecular formula is C24H34N6O2. The van der Waals surface area contributed by atoms with E-state index in [1.54, 1.807) is 0 Å². The SMILES string of the molecule is Cc1nn(-c2ccccc2)c(C)c1NC(=O)CCN1CCN(C(C)C(=O)NC2CC2)CC1. The van der Waals surface area contributed by atoms with E-state index in [1.165, 1.54) is 0 Å². The number of hydrogen-bond donors (Lipinski definition) is 2. The Bertz CT molecular complexity index is 945. The van der Waals surface area contributed by atoms with E-state index in [0.29, 0.717) is 19.0 Å². The molecule has 1 aromatic carbocycles. The number of amides is 2. The lowest BCUT2D eigenvalue weighted by atomic mass is 10.2. The molecule has 0 spiro atoms. The fraction of sp³-hybridized carbons (Fsp3) is 0.542. The molecule has 1 unspecified atom stereocenters. The van der Waals surface area contributed by atoms with E-state index >= 15 is 0 Å². The molecule has 0 bridgehead atoms. The quantitative estimate of drug-likeness (QED) is 0.660. The summed E-state index contributed by atoms with van der Waals surface area (Å²) in [5, 5.41) is 10.8. The van der Waals surface area contributed by atoms with E-state index in [-0.39, 0.29) is 17.9 Å². The second kappa shape index (κ2) is 9.83. The fourth-order valence-corrected chi connectivity index (χ4v) is 4.20. The van der Waals surface area contributed by atoms with Gasteiger partial charge < -0.3 is 15.5 Å². The summed E-state index contributed by atoms with van der Waals surface area (Å²) in [5.41, 5.74) is 3.51. The summed E-state index contributed by atoms with van der Waals surface area (Å²) < 4.78 is 1.87. The van der Waals surface area contributed by atoms with Crippen molar-refractivity contribution in [1.29, 1.82) is 0 Å². The monoisotopic (exact) mass is 438 g/mol. The Morgan fingerprint density at radius 1 is 1.09 bits per heavy atom. The molecule has 0 radical (unpaired) electrons. The minimum atomic E-state index is -0.0897. The Morgan fingerprint density at radius 2 is 1.78 bits per heavy atom. The van der Waals surface area contributed by atoms with Gasteiger partial charge in [0.1, 0.15) is 0 Å². The second-order valence-electron chi connectivity index (χ2n) is 8.93. The molecule has 1 aliphatic carbocycles. The third-order valence-electron chi connectivity index (χ3n) is 6.47. The van der Waals surface area contributed by atoms with E-state index in [1.807, 2.05) is 55.8 Å². The molecule has 1 saturated heterocycles. The van der Waals surface area contributed by atoms with Gasteiger partial charge in [-0.15, -0.1) is 0 Å². The summed E-state index contributed by atoms with van der Waals surface area (Å²) in [6, 6.07) is 10.2. The highest BCUT2D eigenvalue weighted by Crippen LogP contribution is 2.23. The molecule has 1 aliphatic heterocycles. The van der Waals surface area contributed by atoms with Crippen LogP contribution in [0.3, 0.4) is 0 Å². The highest BCUT2D eigenvalue weighted by molar-refractivity contribution is 5.92. The summed E-state index contributed by atoms with van der Waals surface area (Å²) in [5.74, 6) is 0.144. The van der Waals surface area contributed by atoms with Gasteiger partial charge in [0.2, 0.25) is 11.8 Å². The van der Waals surface area contributed by atoms with Gasteiger partial charge in [-0.05, 0) is 45.7 Å². The van der Waals surface area contributed by atoms with E-state index in [0.717, 1.165) is 61.8 Å². The molecule has 2 aromatic rings. The molecule has 2 amide bonds. The molecule has 8 nitrogen and oxygen atoms in total. The number of nitrogens with zero attached hydrogens (tertiary/aromatic N) is 4. The Hall–Kier alpha value is -2.71. The van der Waals surface area contributed by atoms with E-state index < -0.39 is 0 Å². The van der Waals surface area contributed by atoms with Gasteiger partial charge in [-0.2, -0.15) is 5.10 Å². The molecule has 1 atom stereocenters. The lowest BCUT2D eigenvalue weighted by Crippen LogP contribution is -2.54. The van der Waals surface area contributed by atoms with Crippen molar-refractivity contribution < 1.29 is 9.59 Å². The molecule has 4 rings (SSSR count). The average molecular weight is 439 g/mol. The standard InChI is InChI=1S/C24H34N6O2/c1-17-23(18(2)30(27-17)21-7-5-4-6-8-21)26-22(31)11-12-28-13-15-29(16-14-28)19(3)24(32)25-20-9-10-20/h4-8,19-20H,9-16H2,1-3H3,(H,25,32)(H,26,31). The number of benzene rings is 1. The van der Waals surface area contributed by atoms with Gasteiger partial charge in [-0.3, -0.25) is 14.5 Å². The van der Waals surface area contributed by atoms with Crippen LogP contribution in [0.2, 0.25) is 0 Å². The largest absolute Gasteiger partial charge is 0.352 e. The molecule has 2 aliphatic rings. The maximum absolute atomic E-state index is 12.6. The topological polar surface area (TPSA) is 82.5 Å². The predicted molar refractivity (Wildman–Crippen MR) is 125 cm³/mol. The molecule has 1 saturated carbocycles. The average Bonchev–Trinajstić information content (AvgIpc) is 3.58. The maximum Gasteiger partial charge on any atom is 0.237 e. The molecule has 8 heteroatoms. The molecular weight excluding hydrogens is 404 g/mol. The number of carbonyl (C=O) groups excluding carboxylic acids is 2. The number of hydrogen-bond acceptors (Lipinski definition) is 5. The van der Waals surface area contributed by atoms with E-state index in [9.17, 15) is 9.59 Å². The van der Waals surface area contributed by atoms with Crippen LogP contribution in [0, 0.1) is 13.8 Å². The van der Waals surface area contributed by atoms with Crippen molar-refractivity contribution in [2.45, 2.75) is 52.1 Å². The highest BCUT2D eigenvalue weighted by Gasteiger charge is 2.30. The smallest absolute Gasteiger partial charge is 0.237 e. The summed E-state index contributed by atoms with van der Waals surface area (Å²) in [4.78, 5) is 29.5. The number of aryl methyl sites for hydroxylation is 1. The van der Waals surface area contributed by atoms with Crippen LogP contribution in [0.5, 0.6) is 0 Å². The number of nitrogens with one attached hydrogen (secondary N) is 2. The van der Waals surface area contributed by atoms with Crippen LogP contribution in [0.4, 0.5) is 5.69 Å². The minimum absolute atomic E-state index is 0.00317. The number of anilines is 1. The van der Waals surface area contributed by atoms with E-state index in [2.05, 4.69) is 25.5 Å². The van der Waals surface area contributed by atoms with Gasteiger partial charge in [-0.25, -0.2) is 4.68 Å². The van der Waals surface area contributed by atoms with Crippen molar-refractivity contribution in [2.75, 3.05) is 38.0 Å². The summed E-state index contributed by atoms with van der Waals surface area (Å²) >= 11 is 0. The van der Waals surface area contributed by atoms with Crippen LogP contribution in [-0.4, -0.2) is 76.2 Å². The number of aromatic nitrogens is 2. The molecule has 2 heterocycles. The zero-order valence-corrected chi connectivity index (χ0v) is 19.3. The lowest BCUT2D eigenvalue weighted by molar-refractivity contribution is -0.126. The molecule has 172 valence electrons. The van der Waals surface area contributed by atoms with Gasteiger partial charge in [-0.1, -0.05) is 18.2 Å². The Labute approximate surface area is 190 Å². The first-order valence-corrected chi connectivity index (χ1v) is 11.6. The minimum Gasteiger partial charge on any atom is -0.352 e. The first kappa shape index (κ1) is 22.5. The number of rotatable bonds is 8. The van der Waals surface area contributed by atoms with Crippen LogP contribution in [0.15, 0.2) is 30.3 Å². The van der Waals surface area contributed by atoms with Crippen molar-refractivity contribution >= 4 is 17.5 Å². The van der Waals surface area contributed by atoms with Gasteiger partial charge in [0.15, 0.2) is 0 Å². The van der Waals surface area contributed by atoms with Crippen LogP contribution >= 0.6 is 0 Å². The zero-order valence-electron chi connectivity index (χ0n) is 19.3.